The minimum Gasteiger partial charge on any atom is -0.393 e. The number of benzene rings is 1. The average molecular weight is 576 g/mol. The molecule has 1 atom stereocenters. The van der Waals surface area contributed by atoms with Crippen LogP contribution in [0.25, 0.3) is 5.69 Å². The Morgan fingerprint density at radius 2 is 1.89 bits per heavy atom. The maximum absolute atomic E-state index is 15.7. The highest BCUT2D eigenvalue weighted by Crippen LogP contribution is 2.40. The van der Waals surface area contributed by atoms with Gasteiger partial charge in [0.2, 0.25) is 0 Å². The zero-order valence-corrected chi connectivity index (χ0v) is 21.2. The molecule has 0 radical (unpaired) electrons. The summed E-state index contributed by atoms with van der Waals surface area (Å²) in [5.41, 5.74) is -2.47. The van der Waals surface area contributed by atoms with Crippen molar-refractivity contribution in [3.63, 3.8) is 0 Å². The van der Waals surface area contributed by atoms with E-state index in [0.717, 1.165) is 10.7 Å². The van der Waals surface area contributed by atoms with E-state index in [1.807, 2.05) is 0 Å². The lowest BCUT2D eigenvalue weighted by Gasteiger charge is -2.36. The Morgan fingerprint density at radius 3 is 2.50 bits per heavy atom. The molecule has 2 aromatic heterocycles. The molecule has 3 N–H and O–H groups in total. The summed E-state index contributed by atoms with van der Waals surface area (Å²) in [7, 11) is 0. The quantitative estimate of drug-likeness (QED) is 0.367. The molecule has 2 amide bonds. The number of hydrogen-bond acceptors (Lipinski definition) is 5. The molecule has 1 unspecified atom stereocenters. The normalized spacial score (nSPS) is 16.4. The van der Waals surface area contributed by atoms with Crippen molar-refractivity contribution in [1.82, 2.24) is 25.0 Å². The van der Waals surface area contributed by atoms with Gasteiger partial charge in [-0.1, -0.05) is 29.3 Å². The Morgan fingerprint density at radius 1 is 1.18 bits per heavy atom. The molecule has 204 valence electrons. The summed E-state index contributed by atoms with van der Waals surface area (Å²) in [4.78, 5) is 18.2. The molecule has 8 nitrogen and oxygen atoms in total. The molecule has 1 aliphatic heterocycles. The van der Waals surface area contributed by atoms with Crippen LogP contribution in [0.1, 0.15) is 41.6 Å². The first kappa shape index (κ1) is 28.1. The van der Waals surface area contributed by atoms with E-state index in [1.165, 1.54) is 29.3 Å². The number of likely N-dealkylation sites (tertiary alicyclic amines) is 1. The molecule has 0 spiro atoms. The lowest BCUT2D eigenvalue weighted by molar-refractivity contribution is -0.141. The summed E-state index contributed by atoms with van der Waals surface area (Å²) in [6, 6.07) is 7.71. The second-order valence-corrected chi connectivity index (χ2v) is 9.66. The molecule has 0 aliphatic carbocycles. The van der Waals surface area contributed by atoms with Crippen LogP contribution in [-0.2, 0) is 18.4 Å². The van der Waals surface area contributed by atoms with Crippen LogP contribution in [0.15, 0.2) is 42.6 Å². The first-order chi connectivity index (χ1) is 17.9. The van der Waals surface area contributed by atoms with Crippen LogP contribution in [0.5, 0.6) is 0 Å². The van der Waals surface area contributed by atoms with Crippen LogP contribution in [0.2, 0.25) is 10.0 Å². The van der Waals surface area contributed by atoms with E-state index in [1.54, 1.807) is 12.1 Å². The smallest absolute Gasteiger partial charge is 0.393 e. The number of carbonyl (C=O) groups is 1. The van der Waals surface area contributed by atoms with E-state index < -0.39 is 36.3 Å². The zero-order valence-electron chi connectivity index (χ0n) is 19.7. The SMILES string of the molecule is O=C(NCc1cc(C(F)(F)F)nn1-c1cccc(Cl)c1)N1CCC(F)(c2ncc(C(O)CO)cc2Cl)CC1. The number of aliphatic hydroxyl groups is 2. The van der Waals surface area contributed by atoms with Crippen molar-refractivity contribution in [1.29, 1.82) is 0 Å². The number of alkyl halides is 4. The zero-order chi connectivity index (χ0) is 27.7. The van der Waals surface area contributed by atoms with Gasteiger partial charge in [-0.05, 0) is 30.3 Å². The van der Waals surface area contributed by atoms with Gasteiger partial charge in [0.05, 0.1) is 35.2 Å². The third-order valence-corrected chi connectivity index (χ3v) is 6.76. The largest absolute Gasteiger partial charge is 0.435 e. The molecule has 0 saturated carbocycles. The second kappa shape index (κ2) is 11.0. The molecule has 4 rings (SSSR count). The topological polar surface area (TPSA) is 104 Å². The molecule has 38 heavy (non-hydrogen) atoms. The van der Waals surface area contributed by atoms with Crippen LogP contribution < -0.4 is 5.32 Å². The number of piperidine rings is 1. The molecule has 14 heteroatoms. The highest BCUT2D eigenvalue weighted by atomic mass is 35.5. The van der Waals surface area contributed by atoms with Crippen molar-refractivity contribution in [3.8, 4) is 5.69 Å². The fourth-order valence-corrected chi connectivity index (χ4v) is 4.69. The van der Waals surface area contributed by atoms with E-state index in [0.29, 0.717) is 10.7 Å². The van der Waals surface area contributed by atoms with E-state index in [4.69, 9.17) is 28.3 Å². The van der Waals surface area contributed by atoms with Crippen LogP contribution in [-0.4, -0.2) is 55.6 Å². The van der Waals surface area contributed by atoms with Gasteiger partial charge in [0.1, 0.15) is 6.10 Å². The minimum atomic E-state index is -4.69. The number of aromatic nitrogens is 3. The molecule has 0 bridgehead atoms. The number of halogens is 6. The average Bonchev–Trinajstić information content (AvgIpc) is 3.32. The van der Waals surface area contributed by atoms with Gasteiger partial charge in [-0.25, -0.2) is 13.9 Å². The molecule has 3 aromatic rings. The van der Waals surface area contributed by atoms with E-state index in [2.05, 4.69) is 15.4 Å². The van der Waals surface area contributed by atoms with E-state index >= 15 is 4.39 Å². The van der Waals surface area contributed by atoms with Gasteiger partial charge in [-0.15, -0.1) is 0 Å². The molecular formula is C24H23Cl2F4N5O3. The number of rotatable bonds is 6. The number of amides is 2. The number of carbonyl (C=O) groups excluding carboxylic acids is 1. The molecule has 3 heterocycles. The molecular weight excluding hydrogens is 553 g/mol. The molecule has 1 aromatic carbocycles. The van der Waals surface area contributed by atoms with Gasteiger partial charge in [-0.2, -0.15) is 18.3 Å². The van der Waals surface area contributed by atoms with Crippen molar-refractivity contribution < 1.29 is 32.6 Å². The monoisotopic (exact) mass is 575 g/mol. The maximum Gasteiger partial charge on any atom is 0.435 e. The van der Waals surface area contributed by atoms with E-state index in [-0.39, 0.29) is 54.4 Å². The van der Waals surface area contributed by atoms with Gasteiger partial charge < -0.3 is 20.4 Å². The Hall–Kier alpha value is -2.93. The standard InChI is InChI=1S/C24H23Cl2F4N5O3/c25-15-2-1-3-16(9-15)35-17(10-20(33-35)24(28,29)30)12-32-22(38)34-6-4-23(27,5-7-34)21-18(26)8-14(11-31-21)19(37)13-36/h1-3,8-11,19,36-37H,4-7,12-13H2,(H,32,38). The lowest BCUT2D eigenvalue weighted by Crippen LogP contribution is -2.47. The van der Waals surface area contributed by atoms with Crippen LogP contribution in [0.4, 0.5) is 22.4 Å². The number of hydrogen-bond donors (Lipinski definition) is 3. The maximum atomic E-state index is 15.7. The highest BCUT2D eigenvalue weighted by molar-refractivity contribution is 6.31. The lowest BCUT2D eigenvalue weighted by atomic mass is 9.89. The summed E-state index contributed by atoms with van der Waals surface area (Å²) in [5, 5.41) is 25.3. The van der Waals surface area contributed by atoms with Crippen molar-refractivity contribution in [3.05, 3.63) is 75.3 Å². The minimum absolute atomic E-state index is 0.00269. The third kappa shape index (κ3) is 6.04. The Bertz CT molecular complexity index is 1310. The summed E-state index contributed by atoms with van der Waals surface area (Å²) in [6.07, 6.45) is -4.89. The first-order valence-electron chi connectivity index (χ1n) is 11.5. The Kier molecular flexibility index (Phi) is 8.17. The van der Waals surface area contributed by atoms with Crippen LogP contribution >= 0.6 is 23.2 Å². The first-order valence-corrected chi connectivity index (χ1v) is 12.3. The highest BCUT2D eigenvalue weighted by Gasteiger charge is 2.41. The van der Waals surface area contributed by atoms with Crippen molar-refractivity contribution in [2.45, 2.75) is 37.3 Å². The fraction of sp³-hybridized carbons (Fsp3) is 0.375. The Labute approximate surface area is 224 Å². The van der Waals surface area contributed by atoms with Gasteiger partial charge >= 0.3 is 12.2 Å². The number of aliphatic hydroxyl groups excluding tert-OH is 2. The van der Waals surface area contributed by atoms with Crippen molar-refractivity contribution in [2.24, 2.45) is 0 Å². The summed E-state index contributed by atoms with van der Waals surface area (Å²) < 4.78 is 56.7. The van der Waals surface area contributed by atoms with Gasteiger partial charge in [0.15, 0.2) is 11.4 Å². The third-order valence-electron chi connectivity index (χ3n) is 6.23. The molecule has 1 aliphatic rings. The predicted molar refractivity (Wildman–Crippen MR) is 131 cm³/mol. The van der Waals surface area contributed by atoms with Gasteiger partial charge in [-0.3, -0.25) is 4.98 Å². The summed E-state index contributed by atoms with van der Waals surface area (Å²) in [6.45, 7) is -0.807. The predicted octanol–water partition coefficient (Wildman–Crippen LogP) is 4.79. The summed E-state index contributed by atoms with van der Waals surface area (Å²) in [5.74, 6) is 0. The van der Waals surface area contributed by atoms with Crippen molar-refractivity contribution >= 4 is 29.2 Å². The fourth-order valence-electron chi connectivity index (χ4n) is 4.16. The number of nitrogens with one attached hydrogen (secondary N) is 1. The second-order valence-electron chi connectivity index (χ2n) is 8.82. The molecule has 1 saturated heterocycles. The summed E-state index contributed by atoms with van der Waals surface area (Å²) >= 11 is 12.2. The number of urea groups is 1. The van der Waals surface area contributed by atoms with Crippen LogP contribution in [0.3, 0.4) is 0 Å². The van der Waals surface area contributed by atoms with Crippen molar-refractivity contribution in [2.75, 3.05) is 19.7 Å². The Balaban J connectivity index is 1.43. The van der Waals surface area contributed by atoms with Gasteiger partial charge in [0.25, 0.3) is 0 Å². The van der Waals surface area contributed by atoms with Crippen LogP contribution in [0, 0.1) is 0 Å². The van der Waals surface area contributed by atoms with Gasteiger partial charge in [0, 0.05) is 42.7 Å². The van der Waals surface area contributed by atoms with E-state index in [9.17, 15) is 23.1 Å². The number of pyridine rings is 1. The number of nitrogens with zero attached hydrogens (tertiary/aromatic N) is 4. The molecule has 1 fully saturated rings.